The van der Waals surface area contributed by atoms with E-state index in [1.807, 2.05) is 17.8 Å². The number of ketones is 1. The van der Waals surface area contributed by atoms with Gasteiger partial charge in [-0.1, -0.05) is 11.6 Å². The third-order valence-electron chi connectivity index (χ3n) is 2.20. The zero-order valence-electron chi connectivity index (χ0n) is 9.26. The van der Waals surface area contributed by atoms with Crippen LogP contribution < -0.4 is 4.74 Å². The SMILES string of the molecule is Cn1ccc(C(=O)COc2cncc(Cl)c2)c1. The summed E-state index contributed by atoms with van der Waals surface area (Å²) < 4.78 is 7.12. The molecular formula is C12H11ClN2O2. The summed E-state index contributed by atoms with van der Waals surface area (Å²) in [6.07, 6.45) is 6.59. The summed E-state index contributed by atoms with van der Waals surface area (Å²) in [6.45, 7) is -0.0218. The molecule has 0 aromatic carbocycles. The van der Waals surface area contributed by atoms with Gasteiger partial charge in [0, 0.05) is 37.3 Å². The Hall–Kier alpha value is -1.81. The van der Waals surface area contributed by atoms with Crippen LogP contribution in [-0.4, -0.2) is 21.9 Å². The molecular weight excluding hydrogens is 240 g/mol. The average Bonchev–Trinajstić information content (AvgIpc) is 2.73. The van der Waals surface area contributed by atoms with Crippen LogP contribution in [0.5, 0.6) is 5.75 Å². The molecule has 2 heterocycles. The van der Waals surface area contributed by atoms with E-state index in [9.17, 15) is 4.79 Å². The molecule has 0 aliphatic carbocycles. The molecule has 0 amide bonds. The standard InChI is InChI=1S/C12H11ClN2O2/c1-15-3-2-9(7-15)12(16)8-17-11-4-10(13)5-14-6-11/h2-7H,8H2,1H3. The quantitative estimate of drug-likeness (QED) is 0.783. The van der Waals surface area contributed by atoms with Gasteiger partial charge in [-0.25, -0.2) is 0 Å². The van der Waals surface area contributed by atoms with Gasteiger partial charge in [0.25, 0.3) is 0 Å². The van der Waals surface area contributed by atoms with Crippen molar-refractivity contribution < 1.29 is 9.53 Å². The molecule has 5 heteroatoms. The Labute approximate surface area is 104 Å². The van der Waals surface area contributed by atoms with Gasteiger partial charge in [0.15, 0.2) is 6.61 Å². The van der Waals surface area contributed by atoms with Gasteiger partial charge < -0.3 is 9.30 Å². The normalized spacial score (nSPS) is 10.2. The first kappa shape index (κ1) is 11.7. The van der Waals surface area contributed by atoms with Gasteiger partial charge in [-0.3, -0.25) is 9.78 Å². The molecule has 0 atom stereocenters. The summed E-state index contributed by atoms with van der Waals surface area (Å²) in [6, 6.07) is 3.37. The van der Waals surface area contributed by atoms with Gasteiger partial charge >= 0.3 is 0 Å². The molecule has 0 bridgehead atoms. The summed E-state index contributed by atoms with van der Waals surface area (Å²) in [7, 11) is 1.86. The number of ether oxygens (including phenoxy) is 1. The number of aromatic nitrogens is 2. The number of rotatable bonds is 4. The number of hydrogen-bond donors (Lipinski definition) is 0. The molecule has 0 fully saturated rings. The third kappa shape index (κ3) is 3.07. The van der Waals surface area contributed by atoms with Crippen LogP contribution in [0.25, 0.3) is 0 Å². The van der Waals surface area contributed by atoms with Crippen molar-refractivity contribution in [1.82, 2.24) is 9.55 Å². The average molecular weight is 251 g/mol. The highest BCUT2D eigenvalue weighted by molar-refractivity contribution is 6.30. The fourth-order valence-electron chi connectivity index (χ4n) is 1.37. The van der Waals surface area contributed by atoms with E-state index in [1.54, 1.807) is 18.3 Å². The molecule has 0 saturated heterocycles. The van der Waals surface area contributed by atoms with Gasteiger partial charge in [0.1, 0.15) is 5.75 Å². The lowest BCUT2D eigenvalue weighted by atomic mass is 10.2. The van der Waals surface area contributed by atoms with Crippen LogP contribution in [0.2, 0.25) is 5.02 Å². The van der Waals surface area contributed by atoms with E-state index in [4.69, 9.17) is 16.3 Å². The number of nitrogens with zero attached hydrogens (tertiary/aromatic N) is 2. The summed E-state index contributed by atoms with van der Waals surface area (Å²) in [4.78, 5) is 15.6. The van der Waals surface area contributed by atoms with E-state index in [-0.39, 0.29) is 12.4 Å². The first-order chi connectivity index (χ1) is 8.15. The maximum atomic E-state index is 11.7. The molecule has 2 aromatic rings. The molecule has 2 rings (SSSR count). The molecule has 0 radical (unpaired) electrons. The zero-order chi connectivity index (χ0) is 12.3. The first-order valence-corrected chi connectivity index (χ1v) is 5.41. The predicted octanol–water partition coefficient (Wildman–Crippen LogP) is 2.34. The largest absolute Gasteiger partial charge is 0.484 e. The Bertz CT molecular complexity index is 537. The zero-order valence-corrected chi connectivity index (χ0v) is 10.0. The molecule has 88 valence electrons. The molecule has 0 unspecified atom stereocenters. The fraction of sp³-hybridized carbons (Fsp3) is 0.167. The summed E-state index contributed by atoms with van der Waals surface area (Å²) in [5.41, 5.74) is 0.627. The van der Waals surface area contributed by atoms with Gasteiger partial charge in [0.2, 0.25) is 5.78 Å². The smallest absolute Gasteiger partial charge is 0.201 e. The van der Waals surface area contributed by atoms with Crippen molar-refractivity contribution in [2.24, 2.45) is 7.05 Å². The lowest BCUT2D eigenvalue weighted by molar-refractivity contribution is 0.0921. The minimum atomic E-state index is -0.0782. The minimum Gasteiger partial charge on any atom is -0.484 e. The van der Waals surface area contributed by atoms with Crippen LogP contribution in [0.3, 0.4) is 0 Å². The van der Waals surface area contributed by atoms with E-state index < -0.39 is 0 Å². The maximum Gasteiger partial charge on any atom is 0.201 e. The second kappa shape index (κ2) is 5.01. The first-order valence-electron chi connectivity index (χ1n) is 5.03. The predicted molar refractivity (Wildman–Crippen MR) is 64.5 cm³/mol. The summed E-state index contributed by atoms with van der Waals surface area (Å²) in [5.74, 6) is 0.410. The van der Waals surface area contributed by atoms with E-state index in [0.29, 0.717) is 16.3 Å². The highest BCUT2D eigenvalue weighted by Gasteiger charge is 2.08. The number of halogens is 1. The molecule has 0 saturated carbocycles. The minimum absolute atomic E-state index is 0.0218. The van der Waals surface area contributed by atoms with E-state index in [1.165, 1.54) is 12.4 Å². The van der Waals surface area contributed by atoms with Gasteiger partial charge in [-0.05, 0) is 6.07 Å². The van der Waals surface area contributed by atoms with Crippen molar-refractivity contribution in [3.8, 4) is 5.75 Å². The molecule has 0 spiro atoms. The number of pyridine rings is 1. The van der Waals surface area contributed by atoms with Crippen LogP contribution >= 0.6 is 11.6 Å². The number of Topliss-reactive ketones (excluding diaryl/α,β-unsaturated/α-hetero) is 1. The fourth-order valence-corrected chi connectivity index (χ4v) is 1.54. The molecule has 17 heavy (non-hydrogen) atoms. The van der Waals surface area contributed by atoms with Gasteiger partial charge in [0.05, 0.1) is 11.2 Å². The lowest BCUT2D eigenvalue weighted by Crippen LogP contribution is -2.11. The second-order valence-electron chi connectivity index (χ2n) is 3.62. The van der Waals surface area contributed by atoms with Gasteiger partial charge in [-0.2, -0.15) is 0 Å². The molecule has 4 nitrogen and oxygen atoms in total. The van der Waals surface area contributed by atoms with E-state index >= 15 is 0 Å². The Kier molecular flexibility index (Phi) is 3.44. The van der Waals surface area contributed by atoms with Crippen LogP contribution in [0.15, 0.2) is 36.9 Å². The van der Waals surface area contributed by atoms with E-state index in [0.717, 1.165) is 0 Å². The van der Waals surface area contributed by atoms with Crippen molar-refractivity contribution in [3.63, 3.8) is 0 Å². The van der Waals surface area contributed by atoms with Crippen LogP contribution in [0, 0.1) is 0 Å². The van der Waals surface area contributed by atoms with Crippen LogP contribution in [-0.2, 0) is 7.05 Å². The molecule has 0 N–H and O–H groups in total. The van der Waals surface area contributed by atoms with Crippen molar-refractivity contribution in [2.45, 2.75) is 0 Å². The molecule has 0 aliphatic heterocycles. The number of carbonyl (C=O) groups excluding carboxylic acids is 1. The van der Waals surface area contributed by atoms with Crippen molar-refractivity contribution in [2.75, 3.05) is 6.61 Å². The highest BCUT2D eigenvalue weighted by Crippen LogP contribution is 2.15. The summed E-state index contributed by atoms with van der Waals surface area (Å²) in [5, 5.41) is 0.481. The Morgan fingerprint density at radius 1 is 1.53 bits per heavy atom. The Morgan fingerprint density at radius 3 is 3.00 bits per heavy atom. The van der Waals surface area contributed by atoms with Crippen molar-refractivity contribution in [3.05, 3.63) is 47.5 Å². The van der Waals surface area contributed by atoms with E-state index in [2.05, 4.69) is 4.98 Å². The van der Waals surface area contributed by atoms with Gasteiger partial charge in [-0.15, -0.1) is 0 Å². The van der Waals surface area contributed by atoms with Crippen molar-refractivity contribution >= 4 is 17.4 Å². The third-order valence-corrected chi connectivity index (χ3v) is 2.41. The van der Waals surface area contributed by atoms with Crippen LogP contribution in [0.4, 0.5) is 0 Å². The highest BCUT2D eigenvalue weighted by atomic mass is 35.5. The number of carbonyl (C=O) groups is 1. The number of hydrogen-bond acceptors (Lipinski definition) is 3. The Morgan fingerprint density at radius 2 is 2.35 bits per heavy atom. The molecule has 2 aromatic heterocycles. The summed E-state index contributed by atoms with van der Waals surface area (Å²) >= 11 is 5.75. The monoisotopic (exact) mass is 250 g/mol. The maximum absolute atomic E-state index is 11.7. The van der Waals surface area contributed by atoms with Crippen LogP contribution in [0.1, 0.15) is 10.4 Å². The second-order valence-corrected chi connectivity index (χ2v) is 4.05. The Balaban J connectivity index is 1.97. The topological polar surface area (TPSA) is 44.1 Å². The number of aryl methyl sites for hydroxylation is 1. The van der Waals surface area contributed by atoms with Crippen molar-refractivity contribution in [1.29, 1.82) is 0 Å². The molecule has 0 aliphatic rings. The lowest BCUT2D eigenvalue weighted by Gasteiger charge is -2.04.